The number of halogens is 1. The van der Waals surface area contributed by atoms with Crippen molar-refractivity contribution in [1.29, 1.82) is 0 Å². The van der Waals surface area contributed by atoms with E-state index in [4.69, 9.17) is 16.7 Å². The molecule has 1 heterocycles. The third-order valence-electron chi connectivity index (χ3n) is 4.86. The third kappa shape index (κ3) is 4.55. The fourth-order valence-corrected chi connectivity index (χ4v) is 3.59. The molecule has 7 heteroatoms. The summed E-state index contributed by atoms with van der Waals surface area (Å²) in [5.74, 6) is -1.79. The monoisotopic (exact) mass is 380 g/mol. The molecule has 1 aliphatic rings. The molecular formula is C19H25ClN2O4. The van der Waals surface area contributed by atoms with Gasteiger partial charge in [0.1, 0.15) is 5.54 Å². The summed E-state index contributed by atoms with van der Waals surface area (Å²) in [5.41, 5.74) is -0.727. The maximum atomic E-state index is 13.1. The molecule has 1 atom stereocenters. The van der Waals surface area contributed by atoms with Crippen LogP contribution in [0.4, 0.5) is 0 Å². The van der Waals surface area contributed by atoms with E-state index in [9.17, 15) is 14.4 Å². The van der Waals surface area contributed by atoms with Gasteiger partial charge in [0.2, 0.25) is 5.91 Å². The lowest BCUT2D eigenvalue weighted by Crippen LogP contribution is -2.59. The second kappa shape index (κ2) is 8.54. The molecular weight excluding hydrogens is 356 g/mol. The first-order valence-corrected chi connectivity index (χ1v) is 9.25. The number of nitrogens with zero attached hydrogens (tertiary/aromatic N) is 1. The second-order valence-electron chi connectivity index (χ2n) is 6.92. The third-order valence-corrected chi connectivity index (χ3v) is 5.19. The molecule has 1 aliphatic heterocycles. The number of amides is 2. The Morgan fingerprint density at radius 2 is 1.88 bits per heavy atom. The maximum absolute atomic E-state index is 13.1. The zero-order valence-corrected chi connectivity index (χ0v) is 15.9. The standard InChI is InChI=1S/C19H25ClN2O4/c1-3-10-19(2,21-16(23)14-6-4-5-7-15(14)20)18(26)22-11-8-13(9-12-22)17(24)25/h4-7,13H,3,8-12H2,1-2H3,(H,21,23)(H,24,25). The van der Waals surface area contributed by atoms with E-state index in [0.29, 0.717) is 42.9 Å². The van der Waals surface area contributed by atoms with Gasteiger partial charge in [-0.3, -0.25) is 14.4 Å². The van der Waals surface area contributed by atoms with E-state index in [1.165, 1.54) is 0 Å². The fraction of sp³-hybridized carbons (Fsp3) is 0.526. The number of rotatable bonds is 6. The molecule has 1 aromatic carbocycles. The molecule has 0 bridgehead atoms. The zero-order chi connectivity index (χ0) is 19.3. The van der Waals surface area contributed by atoms with E-state index in [0.717, 1.165) is 6.42 Å². The second-order valence-corrected chi connectivity index (χ2v) is 7.33. The normalized spacial score (nSPS) is 17.4. The number of carboxylic acid groups (broad SMARTS) is 1. The molecule has 0 aromatic heterocycles. The fourth-order valence-electron chi connectivity index (χ4n) is 3.36. The summed E-state index contributed by atoms with van der Waals surface area (Å²) in [6.07, 6.45) is 2.07. The molecule has 6 nitrogen and oxygen atoms in total. The summed E-state index contributed by atoms with van der Waals surface area (Å²) < 4.78 is 0. The highest BCUT2D eigenvalue weighted by Crippen LogP contribution is 2.24. The van der Waals surface area contributed by atoms with E-state index in [1.54, 1.807) is 36.1 Å². The van der Waals surface area contributed by atoms with Crippen LogP contribution in [0.5, 0.6) is 0 Å². The number of piperidine rings is 1. The van der Waals surface area contributed by atoms with Gasteiger partial charge in [0, 0.05) is 13.1 Å². The summed E-state index contributed by atoms with van der Waals surface area (Å²) in [7, 11) is 0. The highest BCUT2D eigenvalue weighted by atomic mass is 35.5. The van der Waals surface area contributed by atoms with Crippen LogP contribution in [0.1, 0.15) is 49.9 Å². The van der Waals surface area contributed by atoms with Gasteiger partial charge in [0.25, 0.3) is 5.91 Å². The molecule has 0 aliphatic carbocycles. The van der Waals surface area contributed by atoms with E-state index < -0.39 is 17.4 Å². The van der Waals surface area contributed by atoms with Gasteiger partial charge < -0.3 is 15.3 Å². The van der Waals surface area contributed by atoms with Gasteiger partial charge in [-0.2, -0.15) is 0 Å². The van der Waals surface area contributed by atoms with Crippen molar-refractivity contribution < 1.29 is 19.5 Å². The Morgan fingerprint density at radius 3 is 2.42 bits per heavy atom. The van der Waals surface area contributed by atoms with E-state index >= 15 is 0 Å². The van der Waals surface area contributed by atoms with Crippen molar-refractivity contribution in [2.24, 2.45) is 5.92 Å². The Kier molecular flexibility index (Phi) is 6.64. The van der Waals surface area contributed by atoms with Crippen LogP contribution < -0.4 is 5.32 Å². The molecule has 1 unspecified atom stereocenters. The highest BCUT2D eigenvalue weighted by molar-refractivity contribution is 6.33. The molecule has 1 aromatic rings. The van der Waals surface area contributed by atoms with Gasteiger partial charge in [0.15, 0.2) is 0 Å². The van der Waals surface area contributed by atoms with Crippen molar-refractivity contribution in [1.82, 2.24) is 10.2 Å². The van der Waals surface area contributed by atoms with Crippen molar-refractivity contribution in [3.05, 3.63) is 34.9 Å². The Morgan fingerprint density at radius 1 is 1.27 bits per heavy atom. The van der Waals surface area contributed by atoms with Gasteiger partial charge in [-0.15, -0.1) is 0 Å². The van der Waals surface area contributed by atoms with Crippen LogP contribution in [0.25, 0.3) is 0 Å². The Labute approximate surface area is 158 Å². The van der Waals surface area contributed by atoms with Crippen LogP contribution in [0, 0.1) is 5.92 Å². The minimum Gasteiger partial charge on any atom is -0.481 e. The number of hydrogen-bond donors (Lipinski definition) is 2. The first-order valence-electron chi connectivity index (χ1n) is 8.87. The summed E-state index contributed by atoms with van der Waals surface area (Å²) in [6, 6.07) is 6.71. The summed E-state index contributed by atoms with van der Waals surface area (Å²) >= 11 is 6.09. The summed E-state index contributed by atoms with van der Waals surface area (Å²) in [6.45, 7) is 4.44. The number of hydrogen-bond acceptors (Lipinski definition) is 3. The lowest BCUT2D eigenvalue weighted by Gasteiger charge is -2.38. The lowest BCUT2D eigenvalue weighted by molar-refractivity contribution is -0.147. The molecule has 2 amide bonds. The number of carbonyl (C=O) groups excluding carboxylic acids is 2. The quantitative estimate of drug-likeness (QED) is 0.794. The predicted octanol–water partition coefficient (Wildman–Crippen LogP) is 2.95. The first-order chi connectivity index (χ1) is 12.3. The van der Waals surface area contributed by atoms with Gasteiger partial charge in [-0.1, -0.05) is 37.1 Å². The molecule has 1 fully saturated rings. The van der Waals surface area contributed by atoms with Gasteiger partial charge in [-0.05, 0) is 38.3 Å². The van der Waals surface area contributed by atoms with Crippen LogP contribution in [-0.2, 0) is 9.59 Å². The average molecular weight is 381 g/mol. The van der Waals surface area contributed by atoms with Crippen molar-refractivity contribution in [3.8, 4) is 0 Å². The average Bonchev–Trinajstić information content (AvgIpc) is 2.61. The van der Waals surface area contributed by atoms with Crippen molar-refractivity contribution >= 4 is 29.4 Å². The number of benzene rings is 1. The van der Waals surface area contributed by atoms with Gasteiger partial charge in [-0.25, -0.2) is 0 Å². The highest BCUT2D eigenvalue weighted by Gasteiger charge is 2.39. The van der Waals surface area contributed by atoms with Crippen LogP contribution in [0.2, 0.25) is 5.02 Å². The van der Waals surface area contributed by atoms with Gasteiger partial charge >= 0.3 is 5.97 Å². The number of nitrogens with one attached hydrogen (secondary N) is 1. The Hall–Kier alpha value is -2.08. The first kappa shape index (κ1) is 20.2. The molecule has 0 spiro atoms. The predicted molar refractivity (Wildman–Crippen MR) is 99.2 cm³/mol. The SMILES string of the molecule is CCCC(C)(NC(=O)c1ccccc1Cl)C(=O)N1CCC(C(=O)O)CC1. The maximum Gasteiger partial charge on any atom is 0.306 e. The number of likely N-dealkylation sites (tertiary alicyclic amines) is 1. The van der Waals surface area contributed by atoms with E-state index in [2.05, 4.69) is 5.32 Å². The molecule has 26 heavy (non-hydrogen) atoms. The summed E-state index contributed by atoms with van der Waals surface area (Å²) in [4.78, 5) is 38.5. The van der Waals surface area contributed by atoms with Crippen LogP contribution in [-0.4, -0.2) is 46.4 Å². The largest absolute Gasteiger partial charge is 0.481 e. The lowest BCUT2D eigenvalue weighted by atomic mass is 9.90. The van der Waals surface area contributed by atoms with Crippen molar-refractivity contribution in [3.63, 3.8) is 0 Å². The van der Waals surface area contributed by atoms with Crippen molar-refractivity contribution in [2.45, 2.75) is 45.1 Å². The van der Waals surface area contributed by atoms with Gasteiger partial charge in [0.05, 0.1) is 16.5 Å². The minimum atomic E-state index is -1.05. The molecule has 142 valence electrons. The number of aliphatic carboxylic acids is 1. The van der Waals surface area contributed by atoms with E-state index in [1.807, 2.05) is 6.92 Å². The van der Waals surface area contributed by atoms with Crippen LogP contribution in [0.15, 0.2) is 24.3 Å². The minimum absolute atomic E-state index is 0.177. The number of carboxylic acids is 1. The summed E-state index contributed by atoms with van der Waals surface area (Å²) in [5, 5.41) is 12.3. The molecule has 0 saturated carbocycles. The topological polar surface area (TPSA) is 86.7 Å². The number of carbonyl (C=O) groups is 3. The van der Waals surface area contributed by atoms with Crippen LogP contribution >= 0.6 is 11.6 Å². The molecule has 2 rings (SSSR count). The smallest absolute Gasteiger partial charge is 0.306 e. The Balaban J connectivity index is 2.13. The van der Waals surface area contributed by atoms with Crippen LogP contribution in [0.3, 0.4) is 0 Å². The molecule has 2 N–H and O–H groups in total. The van der Waals surface area contributed by atoms with Crippen molar-refractivity contribution in [2.75, 3.05) is 13.1 Å². The van der Waals surface area contributed by atoms with E-state index in [-0.39, 0.29) is 11.8 Å². The Bertz CT molecular complexity index is 686. The zero-order valence-electron chi connectivity index (χ0n) is 15.1. The molecule has 1 saturated heterocycles. The molecule has 0 radical (unpaired) electrons.